The van der Waals surface area contributed by atoms with Crippen LogP contribution in [0.5, 0.6) is 0 Å². The van der Waals surface area contributed by atoms with E-state index in [1.807, 2.05) is 11.3 Å². The van der Waals surface area contributed by atoms with Gasteiger partial charge in [-0.1, -0.05) is 6.07 Å². The molecule has 3 N–H and O–H groups in total. The summed E-state index contributed by atoms with van der Waals surface area (Å²) < 4.78 is 0. The molecule has 2 heterocycles. The zero-order valence-corrected chi connectivity index (χ0v) is 16.3. The van der Waals surface area contributed by atoms with E-state index in [0.717, 1.165) is 38.4 Å². The molecule has 25 heavy (non-hydrogen) atoms. The highest BCUT2D eigenvalue weighted by atomic mass is 32.1. The summed E-state index contributed by atoms with van der Waals surface area (Å²) in [5.41, 5.74) is 0.0624. The van der Waals surface area contributed by atoms with E-state index in [1.54, 1.807) is 0 Å². The molecule has 0 amide bonds. The predicted molar refractivity (Wildman–Crippen MR) is 105 cm³/mol. The smallest absolute Gasteiger partial charge is 0.191 e. The van der Waals surface area contributed by atoms with Crippen LogP contribution in [0.15, 0.2) is 22.5 Å². The van der Waals surface area contributed by atoms with Gasteiger partial charge in [-0.25, -0.2) is 0 Å². The van der Waals surface area contributed by atoms with Gasteiger partial charge in [0.25, 0.3) is 0 Å². The summed E-state index contributed by atoms with van der Waals surface area (Å²) in [4.78, 5) is 8.70. The maximum Gasteiger partial charge on any atom is 0.191 e. The van der Waals surface area contributed by atoms with Crippen LogP contribution in [0.4, 0.5) is 0 Å². The molecule has 2 fully saturated rings. The van der Waals surface area contributed by atoms with Gasteiger partial charge in [0.05, 0.1) is 13.2 Å². The van der Waals surface area contributed by atoms with E-state index in [1.165, 1.54) is 24.3 Å². The van der Waals surface area contributed by atoms with E-state index in [4.69, 9.17) is 4.99 Å². The van der Waals surface area contributed by atoms with Crippen molar-refractivity contribution in [2.75, 3.05) is 39.8 Å². The molecule has 6 heteroatoms. The van der Waals surface area contributed by atoms with E-state index in [0.29, 0.717) is 12.0 Å². The van der Waals surface area contributed by atoms with E-state index in [2.05, 4.69) is 47.0 Å². The Hall–Kier alpha value is -1.11. The molecule has 2 atom stereocenters. The molecule has 3 rings (SSSR count). The van der Waals surface area contributed by atoms with Crippen LogP contribution in [0.1, 0.15) is 43.5 Å². The Kier molecular flexibility index (Phi) is 6.36. The average Bonchev–Trinajstić information content (AvgIpc) is 3.21. The Morgan fingerprint density at radius 1 is 1.44 bits per heavy atom. The van der Waals surface area contributed by atoms with Crippen molar-refractivity contribution < 1.29 is 5.11 Å². The minimum Gasteiger partial charge on any atom is -0.396 e. The lowest BCUT2D eigenvalue weighted by atomic mass is 9.88. The summed E-state index contributed by atoms with van der Waals surface area (Å²) >= 11 is 1.86. The molecule has 1 aromatic heterocycles. The Bertz CT molecular complexity index is 556. The van der Waals surface area contributed by atoms with Crippen LogP contribution < -0.4 is 10.6 Å². The van der Waals surface area contributed by atoms with Crippen LogP contribution in [0.3, 0.4) is 0 Å². The fraction of sp³-hybridized carbons (Fsp3) is 0.737. The first-order chi connectivity index (χ1) is 12.2. The first-order valence-corrected chi connectivity index (χ1v) is 10.4. The third-order valence-corrected chi connectivity index (χ3v) is 6.53. The minimum atomic E-state index is 0.0624. The maximum absolute atomic E-state index is 9.49. The second-order valence-corrected chi connectivity index (χ2v) is 8.56. The minimum absolute atomic E-state index is 0.0624. The molecule has 0 bridgehead atoms. The summed E-state index contributed by atoms with van der Waals surface area (Å²) in [6.07, 6.45) is 4.70. The molecular formula is C19H32N4OS. The van der Waals surface area contributed by atoms with Gasteiger partial charge < -0.3 is 15.7 Å². The fourth-order valence-electron chi connectivity index (χ4n) is 3.74. The van der Waals surface area contributed by atoms with Gasteiger partial charge in [-0.15, -0.1) is 11.3 Å². The maximum atomic E-state index is 9.49. The van der Waals surface area contributed by atoms with Gasteiger partial charge in [0.15, 0.2) is 5.96 Å². The number of thiophene rings is 1. The lowest BCUT2D eigenvalue weighted by molar-refractivity contribution is 0.125. The van der Waals surface area contributed by atoms with Crippen molar-refractivity contribution in [1.29, 1.82) is 0 Å². The topological polar surface area (TPSA) is 59.9 Å². The quantitative estimate of drug-likeness (QED) is 0.514. The zero-order valence-electron chi connectivity index (χ0n) is 15.5. The number of nitrogens with zero attached hydrogens (tertiary/aromatic N) is 2. The van der Waals surface area contributed by atoms with Crippen LogP contribution in [0.2, 0.25) is 0 Å². The molecule has 140 valence electrons. The molecule has 1 aromatic rings. The van der Waals surface area contributed by atoms with E-state index in [9.17, 15) is 5.11 Å². The number of aliphatic hydroxyl groups is 1. The van der Waals surface area contributed by atoms with Crippen molar-refractivity contribution in [3.63, 3.8) is 0 Å². The number of aliphatic imine (C=N–C) groups is 1. The molecule has 2 unspecified atom stereocenters. The summed E-state index contributed by atoms with van der Waals surface area (Å²) in [5, 5.41) is 18.6. The summed E-state index contributed by atoms with van der Waals surface area (Å²) in [5.74, 6) is 1.48. The van der Waals surface area contributed by atoms with Crippen molar-refractivity contribution in [3.8, 4) is 0 Å². The fourth-order valence-corrected chi connectivity index (χ4v) is 4.73. The highest BCUT2D eigenvalue weighted by Crippen LogP contribution is 2.45. The lowest BCUT2D eigenvalue weighted by Gasteiger charge is -2.39. The van der Waals surface area contributed by atoms with Crippen molar-refractivity contribution in [2.45, 2.75) is 38.6 Å². The van der Waals surface area contributed by atoms with Gasteiger partial charge in [-0.2, -0.15) is 0 Å². The Morgan fingerprint density at radius 3 is 2.92 bits per heavy atom. The number of rotatable bonds is 7. The number of hydrogen-bond donors (Lipinski definition) is 3. The van der Waals surface area contributed by atoms with Crippen LogP contribution in [0, 0.1) is 11.3 Å². The number of hydrogen-bond acceptors (Lipinski definition) is 4. The van der Waals surface area contributed by atoms with Gasteiger partial charge in [-0.3, -0.25) is 9.89 Å². The molecule has 2 aliphatic rings. The van der Waals surface area contributed by atoms with Gasteiger partial charge in [0.2, 0.25) is 0 Å². The second kappa shape index (κ2) is 8.52. The lowest BCUT2D eigenvalue weighted by Crippen LogP contribution is -2.45. The number of aliphatic hydroxyl groups excluding tert-OH is 1. The highest BCUT2D eigenvalue weighted by Gasteiger charge is 2.41. The van der Waals surface area contributed by atoms with E-state index < -0.39 is 0 Å². The molecule has 1 aliphatic carbocycles. The molecule has 0 aromatic carbocycles. The summed E-state index contributed by atoms with van der Waals surface area (Å²) in [7, 11) is 2.24. The van der Waals surface area contributed by atoms with Crippen LogP contribution in [-0.4, -0.2) is 55.8 Å². The molecule has 0 spiro atoms. The molecule has 0 radical (unpaired) electrons. The van der Waals surface area contributed by atoms with Gasteiger partial charge >= 0.3 is 0 Å². The van der Waals surface area contributed by atoms with Gasteiger partial charge in [0, 0.05) is 29.4 Å². The largest absolute Gasteiger partial charge is 0.396 e. The van der Waals surface area contributed by atoms with Crippen LogP contribution in [0.25, 0.3) is 0 Å². The van der Waals surface area contributed by atoms with Crippen LogP contribution >= 0.6 is 11.3 Å². The van der Waals surface area contributed by atoms with Crippen molar-refractivity contribution in [3.05, 3.63) is 22.4 Å². The Morgan fingerprint density at radius 2 is 2.28 bits per heavy atom. The monoisotopic (exact) mass is 364 g/mol. The van der Waals surface area contributed by atoms with Gasteiger partial charge in [0.1, 0.15) is 0 Å². The zero-order chi connectivity index (χ0) is 17.7. The molecular weight excluding hydrogens is 332 g/mol. The van der Waals surface area contributed by atoms with Crippen molar-refractivity contribution in [1.82, 2.24) is 15.5 Å². The summed E-state index contributed by atoms with van der Waals surface area (Å²) in [6, 6.07) is 4.92. The molecule has 1 aliphatic heterocycles. The molecule has 1 saturated heterocycles. The number of likely N-dealkylation sites (tertiary alicyclic amines) is 1. The molecule has 5 nitrogen and oxygen atoms in total. The van der Waals surface area contributed by atoms with Crippen molar-refractivity contribution >= 4 is 17.3 Å². The number of guanidine groups is 1. The first kappa shape index (κ1) is 18.7. The number of nitrogens with one attached hydrogen (secondary N) is 2. The second-order valence-electron chi connectivity index (χ2n) is 7.58. The van der Waals surface area contributed by atoms with E-state index >= 15 is 0 Å². The predicted octanol–water partition coefficient (Wildman–Crippen LogP) is 2.46. The standard InChI is InChI=1S/C19H32N4OS/c1-3-20-18(22-13-19(14-24)8-9-19)21-12-15-6-4-10-23(2)17(15)16-7-5-11-25-16/h5,7,11,15,17,24H,3-4,6,8-10,12-14H2,1-2H3,(H2,20,21,22). The third-order valence-electron chi connectivity index (χ3n) is 5.58. The first-order valence-electron chi connectivity index (χ1n) is 9.54. The third kappa shape index (κ3) is 4.74. The van der Waals surface area contributed by atoms with Crippen molar-refractivity contribution in [2.24, 2.45) is 16.3 Å². The Labute approximate surface area is 155 Å². The number of piperidine rings is 1. The normalized spacial score (nSPS) is 26.4. The Balaban J connectivity index is 1.61. The van der Waals surface area contributed by atoms with Crippen LogP contribution in [-0.2, 0) is 0 Å². The molecule has 1 saturated carbocycles. The summed E-state index contributed by atoms with van der Waals surface area (Å²) in [6.45, 7) is 6.04. The van der Waals surface area contributed by atoms with E-state index in [-0.39, 0.29) is 12.0 Å². The average molecular weight is 365 g/mol. The van der Waals surface area contributed by atoms with Gasteiger partial charge in [-0.05, 0) is 63.6 Å². The SMILES string of the molecule is CCNC(=NCC1(CO)CC1)NCC1CCCN(C)C1c1cccs1. The highest BCUT2D eigenvalue weighted by molar-refractivity contribution is 7.10.